The van der Waals surface area contributed by atoms with Gasteiger partial charge >= 0.3 is 0 Å². The monoisotopic (exact) mass is 313 g/mol. The zero-order chi connectivity index (χ0) is 15.9. The molecule has 3 rings (SSSR count). The van der Waals surface area contributed by atoms with E-state index < -0.39 is 0 Å². The van der Waals surface area contributed by atoms with E-state index in [0.717, 1.165) is 26.2 Å². The van der Waals surface area contributed by atoms with Crippen molar-refractivity contribution in [2.75, 3.05) is 26.2 Å². The van der Waals surface area contributed by atoms with Gasteiger partial charge in [0.25, 0.3) is 0 Å². The number of rotatable bonds is 7. The quantitative estimate of drug-likeness (QED) is 0.735. The normalized spacial score (nSPS) is 19.1. The van der Waals surface area contributed by atoms with Crippen molar-refractivity contribution in [1.29, 1.82) is 0 Å². The Morgan fingerprint density at radius 3 is 2.96 bits per heavy atom. The summed E-state index contributed by atoms with van der Waals surface area (Å²) in [6, 6.07) is 10.4. The number of hydrogen-bond donors (Lipinski definition) is 0. The lowest BCUT2D eigenvalue weighted by molar-refractivity contribution is 0.0821. The first-order valence-corrected chi connectivity index (χ1v) is 8.72. The second-order valence-electron chi connectivity index (χ2n) is 6.25. The highest BCUT2D eigenvalue weighted by Gasteiger charge is 2.24. The minimum atomic E-state index is 0.563. The molecule has 1 aromatic carbocycles. The van der Waals surface area contributed by atoms with Gasteiger partial charge in [-0.2, -0.15) is 0 Å². The van der Waals surface area contributed by atoms with Gasteiger partial charge in [-0.15, -0.1) is 0 Å². The third-order valence-corrected chi connectivity index (χ3v) is 4.62. The number of aromatic nitrogens is 2. The summed E-state index contributed by atoms with van der Waals surface area (Å²) in [6.45, 7) is 7.98. The molecule has 1 aliphatic heterocycles. The van der Waals surface area contributed by atoms with Gasteiger partial charge in [-0.05, 0) is 31.9 Å². The first-order chi connectivity index (χ1) is 11.4. The molecule has 0 saturated carbocycles. The largest absolute Gasteiger partial charge is 0.375 e. The van der Waals surface area contributed by atoms with Gasteiger partial charge in [0.2, 0.25) is 0 Å². The zero-order valence-corrected chi connectivity index (χ0v) is 14.0. The van der Waals surface area contributed by atoms with Crippen molar-refractivity contribution in [1.82, 2.24) is 14.5 Å². The van der Waals surface area contributed by atoms with Crippen molar-refractivity contribution >= 4 is 0 Å². The van der Waals surface area contributed by atoms with Crippen LogP contribution in [0.25, 0.3) is 0 Å². The number of likely N-dealkylation sites (tertiary alicyclic amines) is 1. The summed E-state index contributed by atoms with van der Waals surface area (Å²) in [5, 5.41) is 0. The summed E-state index contributed by atoms with van der Waals surface area (Å²) < 4.78 is 8.11. The van der Waals surface area contributed by atoms with Crippen LogP contribution in [0.15, 0.2) is 42.7 Å². The van der Waals surface area contributed by atoms with Crippen molar-refractivity contribution in [2.24, 2.45) is 0 Å². The maximum Gasteiger partial charge on any atom is 0.113 e. The maximum atomic E-state index is 5.83. The molecule has 4 heteroatoms. The first kappa shape index (κ1) is 16.2. The predicted octanol–water partition coefficient (Wildman–Crippen LogP) is 3.30. The van der Waals surface area contributed by atoms with E-state index in [9.17, 15) is 0 Å². The van der Waals surface area contributed by atoms with Gasteiger partial charge in [0, 0.05) is 37.9 Å². The molecule has 1 saturated heterocycles. The summed E-state index contributed by atoms with van der Waals surface area (Å²) in [6.07, 6.45) is 6.52. The predicted molar refractivity (Wildman–Crippen MR) is 92.4 cm³/mol. The first-order valence-electron chi connectivity index (χ1n) is 8.72. The van der Waals surface area contributed by atoms with Gasteiger partial charge in [0.05, 0.1) is 13.2 Å². The average molecular weight is 313 g/mol. The highest BCUT2D eigenvalue weighted by atomic mass is 16.5. The van der Waals surface area contributed by atoms with Crippen molar-refractivity contribution in [2.45, 2.75) is 38.8 Å². The molecule has 4 nitrogen and oxygen atoms in total. The molecule has 23 heavy (non-hydrogen) atoms. The molecule has 1 fully saturated rings. The van der Waals surface area contributed by atoms with Crippen molar-refractivity contribution in [3.05, 3.63) is 54.1 Å². The van der Waals surface area contributed by atoms with Gasteiger partial charge in [0.1, 0.15) is 5.82 Å². The minimum Gasteiger partial charge on any atom is -0.375 e. The van der Waals surface area contributed by atoms with Gasteiger partial charge < -0.3 is 14.2 Å². The van der Waals surface area contributed by atoms with E-state index in [1.807, 2.05) is 12.3 Å². The van der Waals surface area contributed by atoms with Crippen LogP contribution in [0.5, 0.6) is 0 Å². The Morgan fingerprint density at radius 2 is 2.13 bits per heavy atom. The summed E-state index contributed by atoms with van der Waals surface area (Å²) in [7, 11) is 0. The average Bonchev–Trinajstić information content (AvgIpc) is 3.09. The van der Waals surface area contributed by atoms with Crippen LogP contribution in [0.1, 0.15) is 37.1 Å². The number of benzene rings is 1. The van der Waals surface area contributed by atoms with Crippen molar-refractivity contribution in [3.63, 3.8) is 0 Å². The smallest absolute Gasteiger partial charge is 0.113 e. The van der Waals surface area contributed by atoms with Crippen molar-refractivity contribution < 1.29 is 4.74 Å². The minimum absolute atomic E-state index is 0.563. The molecule has 0 N–H and O–H groups in total. The molecule has 1 atom stereocenters. The number of ether oxygens (including phenoxy) is 1. The van der Waals surface area contributed by atoms with Gasteiger partial charge in [-0.3, -0.25) is 0 Å². The molecule has 1 unspecified atom stereocenters. The number of nitrogens with zero attached hydrogens (tertiary/aromatic N) is 3. The van der Waals surface area contributed by atoms with Crippen LogP contribution >= 0.6 is 0 Å². The van der Waals surface area contributed by atoms with Crippen LogP contribution in [-0.2, 0) is 17.9 Å². The molecule has 0 amide bonds. The lowest BCUT2D eigenvalue weighted by atomic mass is 9.97. The Kier molecular flexibility index (Phi) is 5.83. The van der Waals surface area contributed by atoms with E-state index in [1.54, 1.807) is 0 Å². The number of imidazole rings is 1. The molecule has 1 aromatic heterocycles. The molecular weight excluding hydrogens is 286 g/mol. The Balaban J connectivity index is 1.44. The molecular formula is C19H27N3O. The number of aryl methyl sites for hydroxylation is 1. The van der Waals surface area contributed by atoms with E-state index in [4.69, 9.17) is 4.74 Å². The maximum absolute atomic E-state index is 5.83. The topological polar surface area (TPSA) is 30.3 Å². The fourth-order valence-corrected chi connectivity index (χ4v) is 3.38. The van der Waals surface area contributed by atoms with E-state index in [1.165, 1.54) is 30.8 Å². The molecule has 0 aliphatic carbocycles. The second kappa shape index (κ2) is 8.27. The molecule has 0 spiro atoms. The highest BCUT2D eigenvalue weighted by Crippen LogP contribution is 2.25. The van der Waals surface area contributed by atoms with Gasteiger partial charge in [-0.25, -0.2) is 4.98 Å². The third kappa shape index (κ3) is 4.43. The standard InChI is InChI=1S/C19H27N3O/c1-2-22-12-10-20-19(22)18-9-6-11-21(15-18)13-14-23-16-17-7-4-3-5-8-17/h3-5,7-8,10,12,18H,2,6,9,11,13-16H2,1H3. The summed E-state index contributed by atoms with van der Waals surface area (Å²) in [5.74, 6) is 1.82. The molecule has 124 valence electrons. The lowest BCUT2D eigenvalue weighted by Gasteiger charge is -2.32. The van der Waals surface area contributed by atoms with E-state index in [0.29, 0.717) is 12.5 Å². The third-order valence-electron chi connectivity index (χ3n) is 4.62. The number of hydrogen-bond acceptors (Lipinski definition) is 3. The summed E-state index contributed by atoms with van der Waals surface area (Å²) in [4.78, 5) is 7.11. The lowest BCUT2D eigenvalue weighted by Crippen LogP contribution is -2.37. The Labute approximate surface area is 139 Å². The van der Waals surface area contributed by atoms with Crippen LogP contribution in [0, 0.1) is 0 Å². The van der Waals surface area contributed by atoms with Crippen LogP contribution in [0.2, 0.25) is 0 Å². The van der Waals surface area contributed by atoms with Gasteiger partial charge in [-0.1, -0.05) is 30.3 Å². The van der Waals surface area contributed by atoms with E-state index in [-0.39, 0.29) is 0 Å². The van der Waals surface area contributed by atoms with Crippen LogP contribution in [0.4, 0.5) is 0 Å². The Bertz CT molecular complexity index is 581. The highest BCUT2D eigenvalue weighted by molar-refractivity contribution is 5.13. The molecule has 1 aliphatic rings. The summed E-state index contributed by atoms with van der Waals surface area (Å²) >= 11 is 0. The zero-order valence-electron chi connectivity index (χ0n) is 14.0. The van der Waals surface area contributed by atoms with Crippen LogP contribution in [-0.4, -0.2) is 40.7 Å². The SMILES string of the molecule is CCn1ccnc1C1CCCN(CCOCc2ccccc2)C1. The Hall–Kier alpha value is -1.65. The number of piperidine rings is 1. The molecule has 2 heterocycles. The summed E-state index contributed by atoms with van der Waals surface area (Å²) in [5.41, 5.74) is 1.24. The van der Waals surface area contributed by atoms with E-state index in [2.05, 4.69) is 51.8 Å². The van der Waals surface area contributed by atoms with E-state index >= 15 is 0 Å². The van der Waals surface area contributed by atoms with Gasteiger partial charge in [0.15, 0.2) is 0 Å². The second-order valence-corrected chi connectivity index (χ2v) is 6.25. The van der Waals surface area contributed by atoms with Crippen LogP contribution in [0.3, 0.4) is 0 Å². The fraction of sp³-hybridized carbons (Fsp3) is 0.526. The van der Waals surface area contributed by atoms with Crippen LogP contribution < -0.4 is 0 Å². The molecule has 0 radical (unpaired) electrons. The fourth-order valence-electron chi connectivity index (χ4n) is 3.38. The Morgan fingerprint density at radius 1 is 1.26 bits per heavy atom. The molecule has 2 aromatic rings. The molecule has 0 bridgehead atoms. The van der Waals surface area contributed by atoms with Crippen molar-refractivity contribution in [3.8, 4) is 0 Å².